The van der Waals surface area contributed by atoms with Gasteiger partial charge in [-0.1, -0.05) is 123 Å². The first kappa shape index (κ1) is 29.0. The van der Waals surface area contributed by atoms with Crippen LogP contribution >= 0.6 is 0 Å². The lowest BCUT2D eigenvalue weighted by molar-refractivity contribution is 0.647. The van der Waals surface area contributed by atoms with Crippen molar-refractivity contribution in [1.29, 1.82) is 0 Å². The maximum absolute atomic E-state index is 6.37. The Hall–Kier alpha value is -6.64. The van der Waals surface area contributed by atoms with Crippen LogP contribution in [0.4, 0.5) is 0 Å². The number of furan rings is 1. The zero-order valence-electron chi connectivity index (χ0n) is 29.4. The number of rotatable bonds is 2. The van der Waals surface area contributed by atoms with Crippen LogP contribution in [0.15, 0.2) is 168 Å². The number of aromatic nitrogens is 1. The minimum Gasteiger partial charge on any atom is -0.456 e. The highest BCUT2D eigenvalue weighted by Crippen LogP contribution is 2.53. The van der Waals surface area contributed by atoms with Crippen molar-refractivity contribution in [3.8, 4) is 27.9 Å². The first-order chi connectivity index (χ1) is 26.0. The van der Waals surface area contributed by atoms with Gasteiger partial charge in [-0.15, -0.1) is 0 Å². The average molecular weight is 676 g/mol. The highest BCUT2D eigenvalue weighted by Gasteiger charge is 2.37. The fourth-order valence-corrected chi connectivity index (χ4v) is 9.60. The van der Waals surface area contributed by atoms with Crippen LogP contribution in [-0.2, 0) is 5.41 Å². The molecule has 0 N–H and O–H groups in total. The summed E-state index contributed by atoms with van der Waals surface area (Å²) in [6.07, 6.45) is 0. The van der Waals surface area contributed by atoms with E-state index in [0.29, 0.717) is 0 Å². The molecule has 0 saturated heterocycles. The highest BCUT2D eigenvalue weighted by molar-refractivity contribution is 6.25. The second-order valence-electron chi connectivity index (χ2n) is 15.3. The molecule has 0 saturated carbocycles. The average Bonchev–Trinajstić information content (AvgIpc) is 3.81. The van der Waals surface area contributed by atoms with Gasteiger partial charge < -0.3 is 8.98 Å². The van der Waals surface area contributed by atoms with E-state index in [0.717, 1.165) is 16.9 Å². The Morgan fingerprint density at radius 3 is 1.72 bits per heavy atom. The van der Waals surface area contributed by atoms with Gasteiger partial charge in [0.15, 0.2) is 0 Å². The van der Waals surface area contributed by atoms with Crippen LogP contribution in [0.1, 0.15) is 25.0 Å². The van der Waals surface area contributed by atoms with E-state index in [-0.39, 0.29) is 5.41 Å². The predicted molar refractivity (Wildman–Crippen MR) is 224 cm³/mol. The highest BCUT2D eigenvalue weighted by atomic mass is 16.3. The summed E-state index contributed by atoms with van der Waals surface area (Å²) >= 11 is 0. The molecular weight excluding hydrogens is 643 g/mol. The summed E-state index contributed by atoms with van der Waals surface area (Å²) < 4.78 is 8.84. The molecule has 2 heteroatoms. The van der Waals surface area contributed by atoms with Gasteiger partial charge in [-0.2, -0.15) is 0 Å². The van der Waals surface area contributed by atoms with Crippen molar-refractivity contribution in [2.24, 2.45) is 0 Å². The van der Waals surface area contributed by atoms with Crippen LogP contribution in [0.25, 0.3) is 104 Å². The molecule has 2 nitrogen and oxygen atoms in total. The first-order valence-corrected chi connectivity index (χ1v) is 18.5. The van der Waals surface area contributed by atoms with Crippen molar-refractivity contribution >= 4 is 76.1 Å². The third-order valence-electron chi connectivity index (χ3n) is 12.1. The Balaban J connectivity index is 1.07. The van der Waals surface area contributed by atoms with Crippen molar-refractivity contribution in [2.45, 2.75) is 19.3 Å². The monoisotopic (exact) mass is 675 g/mol. The molecule has 53 heavy (non-hydrogen) atoms. The Morgan fingerprint density at radius 2 is 0.962 bits per heavy atom. The van der Waals surface area contributed by atoms with Crippen LogP contribution in [0, 0.1) is 0 Å². The molecule has 1 aliphatic carbocycles. The Kier molecular flexibility index (Phi) is 5.60. The summed E-state index contributed by atoms with van der Waals surface area (Å²) in [5.74, 6) is 0. The molecule has 12 rings (SSSR count). The van der Waals surface area contributed by atoms with E-state index in [1.165, 1.54) is 98.3 Å². The van der Waals surface area contributed by atoms with Crippen LogP contribution < -0.4 is 0 Å². The van der Waals surface area contributed by atoms with Gasteiger partial charge in [-0.05, 0) is 120 Å². The minimum atomic E-state index is -0.187. The smallest absolute Gasteiger partial charge is 0.135 e. The van der Waals surface area contributed by atoms with Crippen LogP contribution in [0.2, 0.25) is 0 Å². The zero-order valence-corrected chi connectivity index (χ0v) is 29.4. The van der Waals surface area contributed by atoms with Gasteiger partial charge in [0, 0.05) is 32.6 Å². The lowest BCUT2D eigenvalue weighted by Crippen LogP contribution is -2.15. The Bertz CT molecular complexity index is 3340. The molecule has 0 bridgehead atoms. The quantitative estimate of drug-likeness (QED) is 0.167. The third kappa shape index (κ3) is 3.87. The second kappa shape index (κ2) is 10.2. The Labute approximate surface area is 306 Å². The molecule has 2 aromatic heterocycles. The molecule has 0 aliphatic heterocycles. The van der Waals surface area contributed by atoms with E-state index in [2.05, 4.69) is 176 Å². The molecule has 11 aromatic rings. The van der Waals surface area contributed by atoms with Crippen molar-refractivity contribution < 1.29 is 4.42 Å². The normalized spacial score (nSPS) is 13.6. The van der Waals surface area contributed by atoms with Crippen LogP contribution in [0.3, 0.4) is 0 Å². The number of nitrogens with zero attached hydrogens (tertiary/aromatic N) is 1. The number of fused-ring (bicyclic) bond motifs is 15. The molecule has 248 valence electrons. The van der Waals surface area contributed by atoms with Crippen molar-refractivity contribution in [3.63, 3.8) is 0 Å². The standard InChI is InChI=1S/C51H33NO/c1-51(2)45-28-48-43(26-41(45)42-27-44-39-19-8-10-21-49(39)53-50(44)29-46(42)51)38-18-7-9-20-47(38)52(48)32-13-11-12-30(24-32)31-22-23-37-35-16-4-3-14-33(35)34-15-5-6-17-36(34)40(37)25-31/h3-29H,1-2H3. The third-order valence-corrected chi connectivity index (χ3v) is 12.1. The number of hydrogen-bond acceptors (Lipinski definition) is 1. The molecule has 9 aromatic carbocycles. The summed E-state index contributed by atoms with van der Waals surface area (Å²) in [5.41, 5.74) is 13.0. The van der Waals surface area contributed by atoms with Gasteiger partial charge >= 0.3 is 0 Å². The largest absolute Gasteiger partial charge is 0.456 e. The molecule has 0 amide bonds. The van der Waals surface area contributed by atoms with Gasteiger partial charge in [0.05, 0.1) is 11.0 Å². The van der Waals surface area contributed by atoms with Gasteiger partial charge in [-0.3, -0.25) is 0 Å². The first-order valence-electron chi connectivity index (χ1n) is 18.5. The topological polar surface area (TPSA) is 18.1 Å². The molecule has 0 atom stereocenters. The maximum atomic E-state index is 6.37. The van der Waals surface area contributed by atoms with E-state index >= 15 is 0 Å². The Morgan fingerprint density at radius 1 is 0.377 bits per heavy atom. The minimum absolute atomic E-state index is 0.187. The molecule has 0 spiro atoms. The predicted octanol–water partition coefficient (Wildman–Crippen LogP) is 14.1. The molecule has 0 fully saturated rings. The van der Waals surface area contributed by atoms with Crippen molar-refractivity contribution in [1.82, 2.24) is 4.57 Å². The van der Waals surface area contributed by atoms with Gasteiger partial charge in [0.2, 0.25) is 0 Å². The fraction of sp³-hybridized carbons (Fsp3) is 0.0588. The molecular formula is C51H33NO. The van der Waals surface area contributed by atoms with E-state index < -0.39 is 0 Å². The lowest BCUT2D eigenvalue weighted by atomic mass is 9.82. The lowest BCUT2D eigenvalue weighted by Gasteiger charge is -2.21. The molecule has 1 aliphatic rings. The van der Waals surface area contributed by atoms with Crippen molar-refractivity contribution in [2.75, 3.05) is 0 Å². The molecule has 0 unspecified atom stereocenters. The van der Waals surface area contributed by atoms with E-state index in [1.807, 2.05) is 6.07 Å². The molecule has 0 radical (unpaired) electrons. The van der Waals surface area contributed by atoms with Gasteiger partial charge in [0.25, 0.3) is 0 Å². The number of benzene rings is 9. The SMILES string of the molecule is CC1(C)c2cc3oc4ccccc4c3cc2-c2cc3c4ccccc4n(-c4cccc(-c5ccc6c7ccccc7c7ccccc7c6c5)c4)c3cc21. The number of hydrogen-bond donors (Lipinski definition) is 0. The summed E-state index contributed by atoms with van der Waals surface area (Å²) in [4.78, 5) is 0. The van der Waals surface area contributed by atoms with Crippen molar-refractivity contribution in [3.05, 3.63) is 175 Å². The van der Waals surface area contributed by atoms with Crippen LogP contribution in [-0.4, -0.2) is 4.57 Å². The summed E-state index contributed by atoms with van der Waals surface area (Å²) in [7, 11) is 0. The summed E-state index contributed by atoms with van der Waals surface area (Å²) in [5, 5.41) is 12.7. The van der Waals surface area contributed by atoms with E-state index in [9.17, 15) is 0 Å². The van der Waals surface area contributed by atoms with Gasteiger partial charge in [-0.25, -0.2) is 0 Å². The van der Waals surface area contributed by atoms with E-state index in [1.54, 1.807) is 0 Å². The molecule has 2 heterocycles. The van der Waals surface area contributed by atoms with Crippen LogP contribution in [0.5, 0.6) is 0 Å². The summed E-state index contributed by atoms with van der Waals surface area (Å²) in [6.45, 7) is 4.72. The zero-order chi connectivity index (χ0) is 35.0. The van der Waals surface area contributed by atoms with Gasteiger partial charge in [0.1, 0.15) is 11.2 Å². The summed E-state index contributed by atoms with van der Waals surface area (Å²) in [6, 6.07) is 60.5. The number of para-hydroxylation sites is 2. The fourth-order valence-electron chi connectivity index (χ4n) is 9.60. The maximum Gasteiger partial charge on any atom is 0.135 e. The second-order valence-corrected chi connectivity index (χ2v) is 15.3. The van der Waals surface area contributed by atoms with E-state index in [4.69, 9.17) is 4.42 Å².